The lowest BCUT2D eigenvalue weighted by Gasteiger charge is -2.39. The van der Waals surface area contributed by atoms with Crippen LogP contribution in [0.15, 0.2) is 0 Å². The Kier molecular flexibility index (Phi) is 4.27. The van der Waals surface area contributed by atoms with Gasteiger partial charge in [0.15, 0.2) is 0 Å². The Morgan fingerprint density at radius 2 is 2.11 bits per heavy atom. The molecular formula is C12H22ClN5. The molecular weight excluding hydrogens is 250 g/mol. The van der Waals surface area contributed by atoms with E-state index in [4.69, 9.17) is 17.3 Å². The number of rotatable bonds is 3. The second kappa shape index (κ2) is 5.57. The first-order valence-electron chi connectivity index (χ1n) is 6.33. The average molecular weight is 272 g/mol. The maximum Gasteiger partial charge on any atom is 0.0860 e. The van der Waals surface area contributed by atoms with Gasteiger partial charge in [-0.2, -0.15) is 5.10 Å². The Morgan fingerprint density at radius 1 is 1.39 bits per heavy atom. The molecule has 1 aromatic heterocycles. The van der Waals surface area contributed by atoms with Crippen molar-refractivity contribution in [1.29, 1.82) is 0 Å². The van der Waals surface area contributed by atoms with Gasteiger partial charge in [0.1, 0.15) is 0 Å². The largest absolute Gasteiger partial charge is 0.329 e. The van der Waals surface area contributed by atoms with Crippen molar-refractivity contribution in [2.24, 2.45) is 12.8 Å². The summed E-state index contributed by atoms with van der Waals surface area (Å²) in [5.41, 5.74) is 7.84. The van der Waals surface area contributed by atoms with Gasteiger partial charge in [0.2, 0.25) is 0 Å². The van der Waals surface area contributed by atoms with Crippen LogP contribution < -0.4 is 5.73 Å². The molecule has 1 saturated heterocycles. The summed E-state index contributed by atoms with van der Waals surface area (Å²) in [5.74, 6) is 0. The second-order valence-corrected chi connectivity index (χ2v) is 5.47. The Morgan fingerprint density at radius 3 is 2.67 bits per heavy atom. The molecule has 1 aliphatic heterocycles. The summed E-state index contributed by atoms with van der Waals surface area (Å²) in [7, 11) is 4.09. The summed E-state index contributed by atoms with van der Waals surface area (Å²) >= 11 is 6.30. The molecule has 6 heteroatoms. The van der Waals surface area contributed by atoms with Gasteiger partial charge in [-0.1, -0.05) is 11.6 Å². The third-order valence-electron chi connectivity index (χ3n) is 3.69. The quantitative estimate of drug-likeness (QED) is 0.868. The van der Waals surface area contributed by atoms with E-state index in [-0.39, 0.29) is 0 Å². The van der Waals surface area contributed by atoms with Crippen LogP contribution in [0.25, 0.3) is 0 Å². The highest BCUT2D eigenvalue weighted by molar-refractivity contribution is 6.31. The molecule has 0 aliphatic carbocycles. The highest BCUT2D eigenvalue weighted by Crippen LogP contribution is 2.22. The number of hydrogen-bond acceptors (Lipinski definition) is 4. The minimum atomic E-state index is 0.398. The molecule has 0 amide bonds. The van der Waals surface area contributed by atoms with Gasteiger partial charge in [-0.25, -0.2) is 0 Å². The predicted molar refractivity (Wildman–Crippen MR) is 73.7 cm³/mol. The molecule has 1 fully saturated rings. The topological polar surface area (TPSA) is 50.3 Å². The zero-order valence-corrected chi connectivity index (χ0v) is 12.1. The van der Waals surface area contributed by atoms with E-state index < -0.39 is 0 Å². The van der Waals surface area contributed by atoms with Gasteiger partial charge in [0.05, 0.1) is 16.4 Å². The first kappa shape index (κ1) is 13.8. The molecule has 1 aromatic rings. The number of halogens is 1. The number of likely N-dealkylation sites (N-methyl/N-ethyl adjacent to an activating group) is 1. The second-order valence-electron chi connectivity index (χ2n) is 5.09. The van der Waals surface area contributed by atoms with Gasteiger partial charge in [-0.05, 0) is 14.0 Å². The fourth-order valence-corrected chi connectivity index (χ4v) is 2.74. The van der Waals surface area contributed by atoms with Crippen LogP contribution in [0.4, 0.5) is 0 Å². The third-order valence-corrected chi connectivity index (χ3v) is 4.19. The highest BCUT2D eigenvalue weighted by atomic mass is 35.5. The maximum atomic E-state index is 6.30. The van der Waals surface area contributed by atoms with Crippen LogP contribution in [0.3, 0.4) is 0 Å². The minimum absolute atomic E-state index is 0.398. The lowest BCUT2D eigenvalue weighted by Crippen LogP contribution is -2.54. The number of hydrogen-bond donors (Lipinski definition) is 1. The molecule has 2 rings (SSSR count). The summed E-state index contributed by atoms with van der Waals surface area (Å²) in [6.45, 7) is 6.57. The monoisotopic (exact) mass is 271 g/mol. The molecule has 0 saturated carbocycles. The van der Waals surface area contributed by atoms with E-state index >= 15 is 0 Å². The third kappa shape index (κ3) is 2.69. The van der Waals surface area contributed by atoms with Gasteiger partial charge in [0, 0.05) is 45.8 Å². The van der Waals surface area contributed by atoms with E-state index in [0.29, 0.717) is 12.6 Å². The van der Waals surface area contributed by atoms with E-state index in [1.165, 1.54) is 0 Å². The van der Waals surface area contributed by atoms with Gasteiger partial charge in [-0.15, -0.1) is 0 Å². The van der Waals surface area contributed by atoms with E-state index in [0.717, 1.165) is 42.6 Å². The SMILES string of the molecule is Cc1nn(C)c(CN2CCN(C)CC2CN)c1Cl. The standard InChI is InChI=1S/C12H22ClN5/c1-9-12(13)11(17(3)15-9)8-18-5-4-16(2)7-10(18)6-14/h10H,4-8,14H2,1-3H3. The minimum Gasteiger partial charge on any atom is -0.329 e. The summed E-state index contributed by atoms with van der Waals surface area (Å²) < 4.78 is 1.88. The van der Waals surface area contributed by atoms with Crippen molar-refractivity contribution in [3.8, 4) is 0 Å². The van der Waals surface area contributed by atoms with E-state index in [2.05, 4.69) is 21.9 Å². The Hall–Kier alpha value is -0.620. The summed E-state index contributed by atoms with van der Waals surface area (Å²) in [6, 6.07) is 0.398. The molecule has 18 heavy (non-hydrogen) atoms. The zero-order chi connectivity index (χ0) is 13.3. The molecule has 1 unspecified atom stereocenters. The number of aryl methyl sites for hydroxylation is 2. The van der Waals surface area contributed by atoms with Gasteiger partial charge in [0.25, 0.3) is 0 Å². The molecule has 0 aromatic carbocycles. The number of piperazine rings is 1. The number of nitrogens with two attached hydrogens (primary N) is 1. The van der Waals surface area contributed by atoms with Crippen molar-refractivity contribution in [2.45, 2.75) is 19.5 Å². The molecule has 2 N–H and O–H groups in total. The van der Waals surface area contributed by atoms with Gasteiger partial charge < -0.3 is 10.6 Å². The van der Waals surface area contributed by atoms with Crippen molar-refractivity contribution in [3.05, 3.63) is 16.4 Å². The van der Waals surface area contributed by atoms with Crippen LogP contribution in [0.1, 0.15) is 11.4 Å². The zero-order valence-electron chi connectivity index (χ0n) is 11.4. The fourth-order valence-electron chi connectivity index (χ4n) is 2.52. The normalized spacial score (nSPS) is 22.6. The molecule has 0 spiro atoms. The van der Waals surface area contributed by atoms with Crippen molar-refractivity contribution >= 4 is 11.6 Å². The van der Waals surface area contributed by atoms with E-state index in [1.54, 1.807) is 0 Å². The molecule has 0 radical (unpaired) electrons. The molecule has 102 valence electrons. The Balaban J connectivity index is 2.12. The molecule has 5 nitrogen and oxygen atoms in total. The van der Waals surface area contributed by atoms with Crippen LogP contribution in [0.2, 0.25) is 5.02 Å². The van der Waals surface area contributed by atoms with Gasteiger partial charge in [-0.3, -0.25) is 9.58 Å². The van der Waals surface area contributed by atoms with Crippen LogP contribution in [-0.2, 0) is 13.6 Å². The Bertz CT molecular complexity index is 417. The first-order valence-corrected chi connectivity index (χ1v) is 6.71. The van der Waals surface area contributed by atoms with Crippen LogP contribution in [0.5, 0.6) is 0 Å². The number of nitrogens with zero attached hydrogens (tertiary/aromatic N) is 4. The summed E-state index contributed by atoms with van der Waals surface area (Å²) in [5, 5.41) is 5.14. The summed E-state index contributed by atoms with van der Waals surface area (Å²) in [4.78, 5) is 4.73. The smallest absolute Gasteiger partial charge is 0.0860 e. The predicted octanol–water partition coefficient (Wildman–Crippen LogP) is 0.457. The maximum absolute atomic E-state index is 6.30. The molecule has 1 aliphatic rings. The first-order chi connectivity index (χ1) is 8.52. The fraction of sp³-hybridized carbons (Fsp3) is 0.750. The van der Waals surface area contributed by atoms with Crippen molar-refractivity contribution in [3.63, 3.8) is 0 Å². The lowest BCUT2D eigenvalue weighted by atomic mass is 10.1. The van der Waals surface area contributed by atoms with Crippen molar-refractivity contribution < 1.29 is 0 Å². The molecule has 2 heterocycles. The molecule has 1 atom stereocenters. The van der Waals surface area contributed by atoms with Crippen LogP contribution >= 0.6 is 11.6 Å². The highest BCUT2D eigenvalue weighted by Gasteiger charge is 2.26. The van der Waals surface area contributed by atoms with Crippen molar-refractivity contribution in [2.75, 3.05) is 33.2 Å². The van der Waals surface area contributed by atoms with E-state index in [1.807, 2.05) is 18.7 Å². The van der Waals surface area contributed by atoms with Gasteiger partial charge >= 0.3 is 0 Å². The van der Waals surface area contributed by atoms with E-state index in [9.17, 15) is 0 Å². The lowest BCUT2D eigenvalue weighted by molar-refractivity contribution is 0.0860. The average Bonchev–Trinajstić information content (AvgIpc) is 2.58. The van der Waals surface area contributed by atoms with Crippen LogP contribution in [0, 0.1) is 6.92 Å². The summed E-state index contributed by atoms with van der Waals surface area (Å²) in [6.07, 6.45) is 0. The van der Waals surface area contributed by atoms with Crippen LogP contribution in [-0.4, -0.2) is 58.8 Å². The van der Waals surface area contributed by atoms with Crippen molar-refractivity contribution in [1.82, 2.24) is 19.6 Å². The molecule has 0 bridgehead atoms. The number of aromatic nitrogens is 2. The Labute approximate surface area is 113 Å².